The molecule has 5 nitrogen and oxygen atoms in total. The molecule has 0 atom stereocenters. The van der Waals surface area contributed by atoms with E-state index in [2.05, 4.69) is 0 Å². The molecule has 0 bridgehead atoms. The summed E-state index contributed by atoms with van der Waals surface area (Å²) in [4.78, 5) is 20.7. The third-order valence-corrected chi connectivity index (χ3v) is 2.21. The van der Waals surface area contributed by atoms with Crippen molar-refractivity contribution in [3.63, 3.8) is 0 Å². The van der Waals surface area contributed by atoms with Crippen molar-refractivity contribution in [2.45, 2.75) is 6.42 Å². The fourth-order valence-corrected chi connectivity index (χ4v) is 1.56. The van der Waals surface area contributed by atoms with Gasteiger partial charge in [-0.15, -0.1) is 0 Å². The van der Waals surface area contributed by atoms with E-state index in [-0.39, 0.29) is 11.4 Å². The summed E-state index contributed by atoms with van der Waals surface area (Å²) in [6.07, 6.45) is 0.0680. The summed E-state index contributed by atoms with van der Waals surface area (Å²) >= 11 is 0.969. The highest BCUT2D eigenvalue weighted by Gasteiger charge is 2.10. The summed E-state index contributed by atoms with van der Waals surface area (Å²) < 4.78 is 0. The van der Waals surface area contributed by atoms with Gasteiger partial charge in [0.1, 0.15) is 0 Å². The van der Waals surface area contributed by atoms with Crippen molar-refractivity contribution in [2.24, 2.45) is 5.73 Å². The molecule has 0 aromatic carbocycles. The van der Waals surface area contributed by atoms with Gasteiger partial charge in [0.15, 0.2) is 0 Å². The molecule has 12 heavy (non-hydrogen) atoms. The average Bonchev–Trinajstić information content (AvgIpc) is 2.34. The second-order valence-electron chi connectivity index (χ2n) is 2.14. The fourth-order valence-electron chi connectivity index (χ4n) is 0.731. The lowest BCUT2D eigenvalue weighted by molar-refractivity contribution is -0.380. The van der Waals surface area contributed by atoms with Crippen LogP contribution in [0, 0.1) is 10.1 Å². The van der Waals surface area contributed by atoms with E-state index in [1.54, 1.807) is 0 Å². The molecule has 0 saturated carbocycles. The number of carbonyl (C=O) groups excluding carboxylic acids is 1. The number of amides is 1. The van der Waals surface area contributed by atoms with Crippen molar-refractivity contribution in [1.29, 1.82) is 0 Å². The summed E-state index contributed by atoms with van der Waals surface area (Å²) in [6.45, 7) is 0. The standard InChI is InChI=1S/C6H6N2O3S/c7-5(9)3-4-1-2-6(12-4)8(10)11/h1-2H,3H2,(H2,7,9). The quantitative estimate of drug-likeness (QED) is 0.556. The fraction of sp³-hybridized carbons (Fsp3) is 0.167. The SMILES string of the molecule is NC(=O)Cc1ccc([N+](=O)[O-])s1. The molecular formula is C6H6N2O3S. The summed E-state index contributed by atoms with van der Waals surface area (Å²) in [5, 5.41) is 10.2. The van der Waals surface area contributed by atoms with Crippen molar-refractivity contribution in [2.75, 3.05) is 0 Å². The number of primary amides is 1. The second kappa shape index (κ2) is 3.31. The average molecular weight is 186 g/mol. The van der Waals surface area contributed by atoms with Gasteiger partial charge in [-0.25, -0.2) is 0 Å². The predicted molar refractivity (Wildman–Crippen MR) is 43.9 cm³/mol. The van der Waals surface area contributed by atoms with Crippen LogP contribution in [0.4, 0.5) is 5.00 Å². The first-order chi connectivity index (χ1) is 5.59. The molecule has 6 heteroatoms. The topological polar surface area (TPSA) is 86.2 Å². The van der Waals surface area contributed by atoms with Gasteiger partial charge in [0.2, 0.25) is 5.91 Å². The number of thiophene rings is 1. The molecule has 0 aliphatic heterocycles. The van der Waals surface area contributed by atoms with Crippen LogP contribution in [-0.2, 0) is 11.2 Å². The van der Waals surface area contributed by atoms with Gasteiger partial charge in [-0.1, -0.05) is 11.3 Å². The van der Waals surface area contributed by atoms with Crippen LogP contribution in [0.15, 0.2) is 12.1 Å². The van der Waals surface area contributed by atoms with Crippen LogP contribution in [-0.4, -0.2) is 10.8 Å². The maximum absolute atomic E-state index is 10.4. The van der Waals surface area contributed by atoms with E-state index < -0.39 is 10.8 Å². The first kappa shape index (κ1) is 8.66. The van der Waals surface area contributed by atoms with Crippen LogP contribution in [0.25, 0.3) is 0 Å². The number of nitro groups is 1. The molecule has 1 heterocycles. The molecule has 0 fully saturated rings. The second-order valence-corrected chi connectivity index (χ2v) is 3.29. The van der Waals surface area contributed by atoms with Gasteiger partial charge >= 0.3 is 5.00 Å². The van der Waals surface area contributed by atoms with Crippen LogP contribution >= 0.6 is 11.3 Å². The molecule has 0 radical (unpaired) electrons. The van der Waals surface area contributed by atoms with Crippen molar-refractivity contribution in [1.82, 2.24) is 0 Å². The lowest BCUT2D eigenvalue weighted by atomic mass is 10.3. The number of hydrogen-bond acceptors (Lipinski definition) is 4. The number of rotatable bonds is 3. The molecular weight excluding hydrogens is 180 g/mol. The Morgan fingerprint density at radius 1 is 1.67 bits per heavy atom. The van der Waals surface area contributed by atoms with Crippen LogP contribution in [0.3, 0.4) is 0 Å². The summed E-state index contributed by atoms with van der Waals surface area (Å²) in [5.74, 6) is -0.480. The zero-order valence-electron chi connectivity index (χ0n) is 6.02. The van der Waals surface area contributed by atoms with Crippen molar-refractivity contribution in [3.8, 4) is 0 Å². The van der Waals surface area contributed by atoms with Crippen LogP contribution in [0.1, 0.15) is 4.88 Å². The monoisotopic (exact) mass is 186 g/mol. The van der Waals surface area contributed by atoms with Gasteiger partial charge in [0.25, 0.3) is 0 Å². The lowest BCUT2D eigenvalue weighted by Crippen LogP contribution is -2.12. The molecule has 0 aliphatic rings. The third-order valence-electron chi connectivity index (χ3n) is 1.18. The van der Waals surface area contributed by atoms with E-state index in [1.807, 2.05) is 0 Å². The molecule has 0 spiro atoms. The molecule has 1 aromatic rings. The van der Waals surface area contributed by atoms with Crippen LogP contribution in [0.2, 0.25) is 0 Å². The molecule has 1 aromatic heterocycles. The van der Waals surface area contributed by atoms with Gasteiger partial charge in [-0.3, -0.25) is 14.9 Å². The first-order valence-corrected chi connectivity index (χ1v) is 3.92. The van der Waals surface area contributed by atoms with Crippen LogP contribution in [0.5, 0.6) is 0 Å². The lowest BCUT2D eigenvalue weighted by Gasteiger charge is -1.86. The van der Waals surface area contributed by atoms with E-state index in [9.17, 15) is 14.9 Å². The van der Waals surface area contributed by atoms with Gasteiger partial charge < -0.3 is 5.73 Å². The highest BCUT2D eigenvalue weighted by Crippen LogP contribution is 2.23. The molecule has 2 N–H and O–H groups in total. The Morgan fingerprint density at radius 3 is 2.75 bits per heavy atom. The normalized spacial score (nSPS) is 9.67. The van der Waals surface area contributed by atoms with Crippen LogP contribution < -0.4 is 5.73 Å². The van der Waals surface area contributed by atoms with E-state index in [0.717, 1.165) is 11.3 Å². The van der Waals surface area contributed by atoms with Crippen molar-refractivity contribution < 1.29 is 9.72 Å². The Morgan fingerprint density at radius 2 is 2.33 bits per heavy atom. The minimum absolute atomic E-state index is 0.0336. The van der Waals surface area contributed by atoms with E-state index in [4.69, 9.17) is 5.73 Å². The van der Waals surface area contributed by atoms with Crippen molar-refractivity contribution >= 4 is 22.2 Å². The molecule has 0 aliphatic carbocycles. The van der Waals surface area contributed by atoms with Gasteiger partial charge in [0.05, 0.1) is 11.3 Å². The summed E-state index contributed by atoms with van der Waals surface area (Å²) in [6, 6.07) is 2.90. The highest BCUT2D eigenvalue weighted by molar-refractivity contribution is 7.15. The molecule has 1 rings (SSSR count). The smallest absolute Gasteiger partial charge is 0.324 e. The van der Waals surface area contributed by atoms with Gasteiger partial charge in [-0.2, -0.15) is 0 Å². The Bertz CT molecular complexity index is 320. The van der Waals surface area contributed by atoms with E-state index >= 15 is 0 Å². The summed E-state index contributed by atoms with van der Waals surface area (Å²) in [7, 11) is 0. The van der Waals surface area contributed by atoms with Gasteiger partial charge in [0, 0.05) is 10.9 Å². The highest BCUT2D eigenvalue weighted by atomic mass is 32.1. The Kier molecular flexibility index (Phi) is 2.39. The zero-order valence-corrected chi connectivity index (χ0v) is 6.84. The van der Waals surface area contributed by atoms with Crippen molar-refractivity contribution in [3.05, 3.63) is 27.1 Å². The number of nitrogens with zero attached hydrogens (tertiary/aromatic N) is 1. The largest absolute Gasteiger partial charge is 0.369 e. The molecule has 1 amide bonds. The third kappa shape index (κ3) is 2.03. The Hall–Kier alpha value is -1.43. The number of hydrogen-bond donors (Lipinski definition) is 1. The zero-order chi connectivity index (χ0) is 9.14. The summed E-state index contributed by atoms with van der Waals surface area (Å²) in [5.41, 5.74) is 4.91. The molecule has 0 unspecified atom stereocenters. The van der Waals surface area contributed by atoms with E-state index in [1.165, 1.54) is 12.1 Å². The number of nitrogens with two attached hydrogens (primary N) is 1. The minimum atomic E-state index is -0.491. The first-order valence-electron chi connectivity index (χ1n) is 3.11. The molecule has 0 saturated heterocycles. The number of carbonyl (C=O) groups is 1. The Balaban J connectivity index is 2.77. The maximum atomic E-state index is 10.4. The Labute approximate surface area is 72.0 Å². The predicted octanol–water partition coefficient (Wildman–Crippen LogP) is 0.684. The maximum Gasteiger partial charge on any atom is 0.324 e. The van der Waals surface area contributed by atoms with E-state index in [0.29, 0.717) is 4.88 Å². The minimum Gasteiger partial charge on any atom is -0.369 e. The van der Waals surface area contributed by atoms with Gasteiger partial charge in [-0.05, 0) is 6.07 Å². The molecule has 64 valence electrons.